The molecule has 0 unspecified atom stereocenters. The molecule has 0 atom stereocenters. The lowest BCUT2D eigenvalue weighted by Gasteiger charge is -2.05. The lowest BCUT2D eigenvalue weighted by Crippen LogP contribution is -2.09. The molecular weight excluding hydrogens is 280 g/mol. The molecule has 2 aromatic rings. The van der Waals surface area contributed by atoms with E-state index in [2.05, 4.69) is 20.9 Å². The van der Waals surface area contributed by atoms with Crippen LogP contribution >= 0.6 is 15.9 Å². The summed E-state index contributed by atoms with van der Waals surface area (Å²) in [6, 6.07) is 5.74. The van der Waals surface area contributed by atoms with Crippen molar-refractivity contribution >= 4 is 21.7 Å². The molecule has 3 nitrogen and oxygen atoms in total. The lowest BCUT2D eigenvalue weighted by atomic mass is 10.0. The lowest BCUT2D eigenvalue weighted by molar-refractivity contribution is 0.0989. The van der Waals surface area contributed by atoms with Gasteiger partial charge in [-0.2, -0.15) is 0 Å². The van der Waals surface area contributed by atoms with Crippen LogP contribution in [0.25, 0.3) is 0 Å². The maximum Gasteiger partial charge on any atom is 0.170 e. The Kier molecular flexibility index (Phi) is 3.43. The van der Waals surface area contributed by atoms with Gasteiger partial charge in [0, 0.05) is 29.5 Å². The molecule has 0 spiro atoms. The van der Waals surface area contributed by atoms with E-state index in [0.717, 1.165) is 21.4 Å². The summed E-state index contributed by atoms with van der Waals surface area (Å²) in [5.74, 6) is 0.882. The molecule has 0 aliphatic rings. The van der Waals surface area contributed by atoms with Crippen molar-refractivity contribution in [1.82, 2.24) is 9.55 Å². The Labute approximate surface area is 109 Å². The second-order valence-corrected chi connectivity index (χ2v) is 4.93. The number of carbonyl (C=O) groups excluding carboxylic acids is 1. The summed E-state index contributed by atoms with van der Waals surface area (Å²) in [6.07, 6.45) is 3.88. The molecule has 0 radical (unpaired) electrons. The molecule has 0 fully saturated rings. The number of aromatic nitrogens is 2. The summed E-state index contributed by atoms with van der Waals surface area (Å²) in [4.78, 5) is 16.3. The van der Waals surface area contributed by atoms with Crippen LogP contribution in [-0.4, -0.2) is 15.3 Å². The van der Waals surface area contributed by atoms with Gasteiger partial charge in [-0.05, 0) is 24.6 Å². The Morgan fingerprint density at radius 2 is 2.24 bits per heavy atom. The Morgan fingerprint density at radius 1 is 1.47 bits per heavy atom. The molecule has 0 saturated carbocycles. The highest BCUT2D eigenvalue weighted by molar-refractivity contribution is 9.10. The molecule has 0 aliphatic heterocycles. The van der Waals surface area contributed by atoms with Crippen LogP contribution in [-0.2, 0) is 13.5 Å². The van der Waals surface area contributed by atoms with Gasteiger partial charge in [0.05, 0.1) is 6.42 Å². The van der Waals surface area contributed by atoms with Crippen molar-refractivity contribution in [3.8, 4) is 0 Å². The number of ketones is 1. The number of benzene rings is 1. The first-order valence-corrected chi connectivity index (χ1v) is 6.13. The highest BCUT2D eigenvalue weighted by Crippen LogP contribution is 2.17. The van der Waals surface area contributed by atoms with E-state index in [0.29, 0.717) is 6.42 Å². The number of carbonyl (C=O) groups is 1. The molecule has 0 amide bonds. The normalized spacial score (nSPS) is 10.5. The number of halogens is 1. The predicted octanol–water partition coefficient (Wildman–Crippen LogP) is 2.92. The van der Waals surface area contributed by atoms with E-state index in [1.54, 1.807) is 6.20 Å². The summed E-state index contributed by atoms with van der Waals surface area (Å²) in [7, 11) is 1.89. The minimum Gasteiger partial charge on any atom is -0.338 e. The van der Waals surface area contributed by atoms with Crippen molar-refractivity contribution in [3.63, 3.8) is 0 Å². The average molecular weight is 293 g/mol. The van der Waals surface area contributed by atoms with Crippen LogP contribution in [0.15, 0.2) is 35.1 Å². The second-order valence-electron chi connectivity index (χ2n) is 4.01. The Balaban J connectivity index is 2.26. The van der Waals surface area contributed by atoms with Crippen LogP contribution in [0.5, 0.6) is 0 Å². The zero-order valence-corrected chi connectivity index (χ0v) is 11.4. The van der Waals surface area contributed by atoms with E-state index in [1.807, 2.05) is 42.9 Å². The first-order valence-electron chi connectivity index (χ1n) is 5.33. The van der Waals surface area contributed by atoms with Gasteiger partial charge in [0.2, 0.25) is 0 Å². The van der Waals surface area contributed by atoms with Crippen molar-refractivity contribution < 1.29 is 4.79 Å². The Morgan fingerprint density at radius 3 is 2.88 bits per heavy atom. The molecule has 1 aromatic heterocycles. The molecular formula is C13H13BrN2O. The van der Waals surface area contributed by atoms with Crippen LogP contribution in [0.1, 0.15) is 21.7 Å². The van der Waals surface area contributed by atoms with E-state index in [1.165, 1.54) is 0 Å². The molecule has 88 valence electrons. The minimum atomic E-state index is 0.0955. The van der Waals surface area contributed by atoms with Crippen molar-refractivity contribution in [1.29, 1.82) is 0 Å². The van der Waals surface area contributed by atoms with Crippen LogP contribution < -0.4 is 0 Å². The summed E-state index contributed by atoms with van der Waals surface area (Å²) < 4.78 is 2.79. The average Bonchev–Trinajstić information content (AvgIpc) is 2.68. The minimum absolute atomic E-state index is 0.0955. The molecule has 0 bridgehead atoms. The van der Waals surface area contributed by atoms with Crippen molar-refractivity contribution in [2.75, 3.05) is 0 Å². The number of imidazole rings is 1. The van der Waals surface area contributed by atoms with Crippen LogP contribution in [0.2, 0.25) is 0 Å². The van der Waals surface area contributed by atoms with Crippen molar-refractivity contribution in [2.24, 2.45) is 7.05 Å². The monoisotopic (exact) mass is 292 g/mol. The summed E-state index contributed by atoms with van der Waals surface area (Å²) >= 11 is 3.38. The van der Waals surface area contributed by atoms with Gasteiger partial charge in [-0.1, -0.05) is 22.0 Å². The molecule has 4 heteroatoms. The Hall–Kier alpha value is -1.42. The third kappa shape index (κ3) is 2.64. The summed E-state index contributed by atoms with van der Waals surface area (Å²) in [5.41, 5.74) is 1.75. The summed E-state index contributed by atoms with van der Waals surface area (Å²) in [5, 5.41) is 0. The van der Waals surface area contributed by atoms with E-state index in [4.69, 9.17) is 0 Å². The second kappa shape index (κ2) is 4.84. The van der Waals surface area contributed by atoms with Gasteiger partial charge in [0.1, 0.15) is 5.82 Å². The molecule has 2 rings (SSSR count). The number of hydrogen-bond acceptors (Lipinski definition) is 2. The molecule has 0 aliphatic carbocycles. The predicted molar refractivity (Wildman–Crippen MR) is 70.1 cm³/mol. The third-order valence-corrected chi connectivity index (χ3v) is 3.23. The van der Waals surface area contributed by atoms with Gasteiger partial charge in [0.25, 0.3) is 0 Å². The number of hydrogen-bond donors (Lipinski definition) is 0. The molecule has 0 saturated heterocycles. The van der Waals surface area contributed by atoms with Crippen LogP contribution in [0.4, 0.5) is 0 Å². The largest absolute Gasteiger partial charge is 0.338 e. The van der Waals surface area contributed by atoms with Crippen LogP contribution in [0, 0.1) is 6.92 Å². The van der Waals surface area contributed by atoms with Gasteiger partial charge in [-0.3, -0.25) is 4.79 Å². The van der Waals surface area contributed by atoms with E-state index >= 15 is 0 Å². The van der Waals surface area contributed by atoms with Gasteiger partial charge in [-0.15, -0.1) is 0 Å². The maximum absolute atomic E-state index is 12.2. The SMILES string of the molecule is Cc1ccc(Br)cc1C(=O)Cc1nccn1C. The number of aryl methyl sites for hydroxylation is 2. The van der Waals surface area contributed by atoms with Crippen molar-refractivity contribution in [2.45, 2.75) is 13.3 Å². The Bertz CT molecular complexity index is 560. The smallest absolute Gasteiger partial charge is 0.170 e. The topological polar surface area (TPSA) is 34.9 Å². The summed E-state index contributed by atoms with van der Waals surface area (Å²) in [6.45, 7) is 1.94. The number of nitrogens with zero attached hydrogens (tertiary/aromatic N) is 2. The van der Waals surface area contributed by atoms with Gasteiger partial charge < -0.3 is 4.57 Å². The fraction of sp³-hybridized carbons (Fsp3) is 0.231. The number of rotatable bonds is 3. The van der Waals surface area contributed by atoms with E-state index < -0.39 is 0 Å². The maximum atomic E-state index is 12.2. The first-order chi connectivity index (χ1) is 8.08. The third-order valence-electron chi connectivity index (χ3n) is 2.74. The standard InChI is InChI=1S/C13H13BrN2O/c1-9-3-4-10(14)7-11(9)12(17)8-13-15-5-6-16(13)2/h3-7H,8H2,1-2H3. The number of Topliss-reactive ketones (excluding diaryl/α,β-unsaturated/α-hetero) is 1. The zero-order valence-electron chi connectivity index (χ0n) is 9.77. The highest BCUT2D eigenvalue weighted by Gasteiger charge is 2.12. The molecule has 0 N–H and O–H groups in total. The van der Waals surface area contributed by atoms with E-state index in [-0.39, 0.29) is 5.78 Å². The molecule has 1 heterocycles. The van der Waals surface area contributed by atoms with Crippen molar-refractivity contribution in [3.05, 3.63) is 52.0 Å². The quantitative estimate of drug-likeness (QED) is 0.816. The highest BCUT2D eigenvalue weighted by atomic mass is 79.9. The molecule has 17 heavy (non-hydrogen) atoms. The fourth-order valence-electron chi connectivity index (χ4n) is 1.70. The van der Waals surface area contributed by atoms with Gasteiger partial charge in [-0.25, -0.2) is 4.98 Å². The van der Waals surface area contributed by atoms with Crippen LogP contribution in [0.3, 0.4) is 0 Å². The van der Waals surface area contributed by atoms with E-state index in [9.17, 15) is 4.79 Å². The van der Waals surface area contributed by atoms with Gasteiger partial charge >= 0.3 is 0 Å². The zero-order chi connectivity index (χ0) is 12.4. The van der Waals surface area contributed by atoms with Gasteiger partial charge in [0.15, 0.2) is 5.78 Å². The fourth-order valence-corrected chi connectivity index (χ4v) is 2.06. The first kappa shape index (κ1) is 12.0. The molecule has 1 aromatic carbocycles.